The first-order valence-corrected chi connectivity index (χ1v) is 21.5. The summed E-state index contributed by atoms with van der Waals surface area (Å²) in [5.41, 5.74) is 11.7. The number of rotatable bonds is 22. The summed E-state index contributed by atoms with van der Waals surface area (Å²) in [6.45, 7) is 8.37. The van der Waals surface area contributed by atoms with Gasteiger partial charge in [0.25, 0.3) is 5.91 Å². The lowest BCUT2D eigenvalue weighted by molar-refractivity contribution is -0.144. The van der Waals surface area contributed by atoms with Crippen LogP contribution in [0.15, 0.2) is 78.3 Å². The van der Waals surface area contributed by atoms with Gasteiger partial charge < -0.3 is 56.0 Å². The highest BCUT2D eigenvalue weighted by Crippen LogP contribution is 2.28. The van der Waals surface area contributed by atoms with E-state index in [2.05, 4.69) is 26.3 Å². The minimum absolute atomic E-state index is 0.0302. The van der Waals surface area contributed by atoms with Crippen molar-refractivity contribution in [3.8, 4) is 10.4 Å². The van der Waals surface area contributed by atoms with Crippen LogP contribution in [0.3, 0.4) is 0 Å². The molecule has 0 unspecified atom stereocenters. The highest BCUT2D eigenvalue weighted by Gasteiger charge is 2.44. The van der Waals surface area contributed by atoms with Gasteiger partial charge >= 0.3 is 0 Å². The molecule has 0 radical (unpaired) electrons. The SMILES string of the molecule is Cc1ncsc1-c1ccc(CNC(=O)[C@@H]2C[C@@H](O)CN2C(=O)[C@@H](NC(=O)COCCOCCOCCOCC(=O)Nc2ccc(C(=O)Nc3ccccc3N)cc2)C(C)(C)C)cc1. The second kappa shape index (κ2) is 23.6. The number of aryl methyl sites for hydroxylation is 1. The molecule has 7 N–H and O–H groups in total. The van der Waals surface area contributed by atoms with Gasteiger partial charge in [-0.2, -0.15) is 0 Å². The number of benzene rings is 3. The van der Waals surface area contributed by atoms with E-state index in [9.17, 15) is 29.1 Å². The Balaban J connectivity index is 0.914. The lowest BCUT2D eigenvalue weighted by atomic mass is 9.85. The number of nitrogens with one attached hydrogen (secondary N) is 4. The number of anilines is 3. The molecule has 1 aliphatic rings. The summed E-state index contributed by atoms with van der Waals surface area (Å²) in [7, 11) is 0. The smallest absolute Gasteiger partial charge is 0.255 e. The van der Waals surface area contributed by atoms with Crippen molar-refractivity contribution in [2.45, 2.75) is 58.8 Å². The average Bonchev–Trinajstić information content (AvgIpc) is 3.87. The Bertz CT molecular complexity index is 2140. The highest BCUT2D eigenvalue weighted by molar-refractivity contribution is 7.13. The Hall–Kier alpha value is -5.76. The molecule has 3 atom stereocenters. The van der Waals surface area contributed by atoms with Crippen molar-refractivity contribution in [3.63, 3.8) is 0 Å². The van der Waals surface area contributed by atoms with Crippen LogP contribution in [0, 0.1) is 12.3 Å². The number of aliphatic hydroxyl groups is 1. The molecule has 1 saturated heterocycles. The van der Waals surface area contributed by atoms with Crippen molar-refractivity contribution in [3.05, 3.63) is 95.1 Å². The van der Waals surface area contributed by atoms with Crippen molar-refractivity contribution in [1.82, 2.24) is 20.5 Å². The van der Waals surface area contributed by atoms with Crippen molar-refractivity contribution in [2.24, 2.45) is 5.41 Å². The number of amides is 5. The van der Waals surface area contributed by atoms with E-state index in [1.54, 1.807) is 65.4 Å². The number of hydrogen-bond donors (Lipinski definition) is 6. The first-order valence-electron chi connectivity index (χ1n) is 20.6. The summed E-state index contributed by atoms with van der Waals surface area (Å²) < 4.78 is 21.8. The van der Waals surface area contributed by atoms with Crippen LogP contribution in [0.25, 0.3) is 10.4 Å². The maximum Gasteiger partial charge on any atom is 0.255 e. The Kier molecular flexibility index (Phi) is 18.1. The molecule has 3 aromatic carbocycles. The number of nitrogens with zero attached hydrogens (tertiary/aromatic N) is 2. The fourth-order valence-corrected chi connectivity index (χ4v) is 7.39. The molecule has 2 heterocycles. The Morgan fingerprint density at radius 1 is 0.841 bits per heavy atom. The van der Waals surface area contributed by atoms with Gasteiger partial charge in [-0.15, -0.1) is 11.3 Å². The number of thiazole rings is 1. The number of aliphatic hydroxyl groups excluding tert-OH is 1. The standard InChI is InChI=1S/C45H57N7O10S/c1-29-40(63-28-48-29)31-11-9-30(10-12-31)24-47-43(57)37-23-34(53)25-52(37)44(58)41(45(2,3)4)51-39(55)27-62-22-20-60-18-17-59-19-21-61-26-38(54)49-33-15-13-32(14-16-33)42(56)50-36-8-6-5-7-35(36)46/h5-16,28,34,37,41,53H,17-27,46H2,1-4H3,(H,47,57)(H,49,54)(H,50,56)(H,51,55)/t34-,37+,41-/m1/s1. The molecule has 18 heteroatoms. The van der Waals surface area contributed by atoms with Gasteiger partial charge in [0.05, 0.1) is 73.2 Å². The maximum atomic E-state index is 13.9. The fraction of sp³-hybridized carbons (Fsp3) is 0.422. The van der Waals surface area contributed by atoms with E-state index in [4.69, 9.17) is 24.7 Å². The molecule has 338 valence electrons. The van der Waals surface area contributed by atoms with Crippen LogP contribution in [-0.2, 0) is 44.7 Å². The van der Waals surface area contributed by atoms with Crippen LogP contribution >= 0.6 is 11.3 Å². The minimum Gasteiger partial charge on any atom is -0.397 e. The first-order chi connectivity index (χ1) is 30.2. The third kappa shape index (κ3) is 14.9. The Labute approximate surface area is 371 Å². The van der Waals surface area contributed by atoms with Crippen LogP contribution < -0.4 is 27.0 Å². The zero-order valence-electron chi connectivity index (χ0n) is 36.0. The molecule has 1 aromatic heterocycles. The number of nitrogens with two attached hydrogens (primary N) is 1. The molecular formula is C45H57N7O10S. The summed E-state index contributed by atoms with van der Waals surface area (Å²) in [6, 6.07) is 19.3. The van der Waals surface area contributed by atoms with Crippen molar-refractivity contribution < 1.29 is 48.0 Å². The second-order valence-corrected chi connectivity index (χ2v) is 16.8. The van der Waals surface area contributed by atoms with Crippen LogP contribution in [0.1, 0.15) is 48.8 Å². The lowest BCUT2D eigenvalue weighted by Crippen LogP contribution is -2.58. The molecule has 0 saturated carbocycles. The number of carbonyl (C=O) groups is 5. The number of para-hydroxylation sites is 2. The zero-order chi connectivity index (χ0) is 45.4. The Morgan fingerprint density at radius 3 is 2.06 bits per heavy atom. The average molecular weight is 888 g/mol. The number of hydrogen-bond acceptors (Lipinski definition) is 13. The third-order valence-electron chi connectivity index (χ3n) is 9.93. The summed E-state index contributed by atoms with van der Waals surface area (Å²) in [4.78, 5) is 71.7. The van der Waals surface area contributed by atoms with Gasteiger partial charge in [0, 0.05) is 30.8 Å². The third-order valence-corrected chi connectivity index (χ3v) is 10.9. The molecule has 0 bridgehead atoms. The van der Waals surface area contributed by atoms with Gasteiger partial charge in [-0.25, -0.2) is 4.98 Å². The number of β-amino-alcohol motifs (C(OH)–C–C–N with tert-alkyl or cyclic N) is 1. The summed E-state index contributed by atoms with van der Waals surface area (Å²) in [5, 5.41) is 21.6. The zero-order valence-corrected chi connectivity index (χ0v) is 36.8. The van der Waals surface area contributed by atoms with Gasteiger partial charge in [0.1, 0.15) is 25.3 Å². The molecule has 63 heavy (non-hydrogen) atoms. The molecule has 1 fully saturated rings. The minimum atomic E-state index is -0.982. The van der Waals surface area contributed by atoms with Gasteiger partial charge in [-0.1, -0.05) is 57.2 Å². The number of likely N-dealkylation sites (tertiary alicyclic amines) is 1. The van der Waals surface area contributed by atoms with Crippen LogP contribution in [0.5, 0.6) is 0 Å². The van der Waals surface area contributed by atoms with E-state index in [1.807, 2.05) is 52.0 Å². The molecule has 4 aromatic rings. The van der Waals surface area contributed by atoms with E-state index >= 15 is 0 Å². The first kappa shape index (κ1) is 48.3. The number of carbonyl (C=O) groups excluding carboxylic acids is 5. The molecular weight excluding hydrogens is 831 g/mol. The quantitative estimate of drug-likeness (QED) is 0.0490. The van der Waals surface area contributed by atoms with Crippen LogP contribution in [0.2, 0.25) is 0 Å². The fourth-order valence-electron chi connectivity index (χ4n) is 6.58. The van der Waals surface area contributed by atoms with Crippen molar-refractivity contribution in [2.75, 3.05) is 75.8 Å². The maximum absolute atomic E-state index is 13.9. The van der Waals surface area contributed by atoms with Crippen molar-refractivity contribution >= 4 is 57.9 Å². The topological polar surface area (TPSA) is 233 Å². The van der Waals surface area contributed by atoms with Gasteiger partial charge in [0.2, 0.25) is 23.6 Å². The van der Waals surface area contributed by atoms with Gasteiger partial charge in [-0.3, -0.25) is 24.0 Å². The van der Waals surface area contributed by atoms with E-state index in [0.29, 0.717) is 22.6 Å². The lowest BCUT2D eigenvalue weighted by Gasteiger charge is -2.35. The Morgan fingerprint density at radius 2 is 1.46 bits per heavy atom. The van der Waals surface area contributed by atoms with Crippen LogP contribution in [-0.4, -0.2) is 122 Å². The number of ether oxygens (including phenoxy) is 4. The molecule has 5 rings (SSSR count). The molecule has 17 nitrogen and oxygen atoms in total. The van der Waals surface area contributed by atoms with E-state index in [-0.39, 0.29) is 90.1 Å². The predicted octanol–water partition coefficient (Wildman–Crippen LogP) is 3.77. The van der Waals surface area contributed by atoms with E-state index in [1.165, 1.54) is 4.90 Å². The summed E-state index contributed by atoms with van der Waals surface area (Å²) in [5.74, 6) is -2.05. The van der Waals surface area contributed by atoms with Gasteiger partial charge in [0.15, 0.2) is 0 Å². The molecule has 1 aliphatic heterocycles. The van der Waals surface area contributed by atoms with E-state index in [0.717, 1.165) is 21.7 Å². The van der Waals surface area contributed by atoms with E-state index < -0.39 is 35.4 Å². The summed E-state index contributed by atoms with van der Waals surface area (Å²) in [6.07, 6.45) is -0.798. The second-order valence-electron chi connectivity index (χ2n) is 15.9. The largest absolute Gasteiger partial charge is 0.397 e. The van der Waals surface area contributed by atoms with Crippen molar-refractivity contribution in [1.29, 1.82) is 0 Å². The monoisotopic (exact) mass is 887 g/mol. The molecule has 0 spiro atoms. The number of aromatic nitrogens is 1. The molecule has 0 aliphatic carbocycles. The highest BCUT2D eigenvalue weighted by atomic mass is 32.1. The summed E-state index contributed by atoms with van der Waals surface area (Å²) >= 11 is 1.56. The van der Waals surface area contributed by atoms with Crippen LogP contribution in [0.4, 0.5) is 17.1 Å². The normalized spacial score (nSPS) is 15.4. The number of nitrogen functional groups attached to an aromatic ring is 1. The van der Waals surface area contributed by atoms with Gasteiger partial charge in [-0.05, 0) is 59.9 Å². The molecule has 5 amide bonds. The predicted molar refractivity (Wildman–Crippen MR) is 239 cm³/mol.